The largest absolute Gasteiger partial charge is 0.451 e. The van der Waals surface area contributed by atoms with E-state index >= 15 is 0 Å². The molecule has 1 aliphatic rings. The number of nitrogens with zero attached hydrogens (tertiary/aromatic N) is 1. The van der Waals surface area contributed by atoms with Gasteiger partial charge in [-0.1, -0.05) is 37.6 Å². The number of para-hydroxylation sites is 1. The van der Waals surface area contributed by atoms with Crippen LogP contribution in [0.1, 0.15) is 33.6 Å². The number of hydrogen-bond donors (Lipinski definition) is 2. The van der Waals surface area contributed by atoms with Crippen molar-refractivity contribution >= 4 is 41.1 Å². The number of carbonyl (C=O) groups is 4. The number of rotatable bonds is 7. The number of ether oxygens (including phenoxy) is 1. The summed E-state index contributed by atoms with van der Waals surface area (Å²) in [5.74, 6) is -1.91. The first-order chi connectivity index (χ1) is 12.7. The number of halogens is 1. The minimum Gasteiger partial charge on any atom is -0.451 e. The van der Waals surface area contributed by atoms with E-state index < -0.39 is 42.0 Å². The van der Waals surface area contributed by atoms with Crippen molar-refractivity contribution in [3.8, 4) is 0 Å². The Morgan fingerprint density at radius 1 is 1.26 bits per heavy atom. The number of hydrogen-bond acceptors (Lipinski definition) is 5. The van der Waals surface area contributed by atoms with Gasteiger partial charge in [0.2, 0.25) is 0 Å². The van der Waals surface area contributed by atoms with Crippen LogP contribution in [0.5, 0.6) is 0 Å². The van der Waals surface area contributed by atoms with E-state index in [2.05, 4.69) is 10.6 Å². The van der Waals surface area contributed by atoms with Crippen LogP contribution in [0.4, 0.5) is 10.5 Å². The smallest absolute Gasteiger partial charge is 0.327 e. The molecule has 146 valence electrons. The highest BCUT2D eigenvalue weighted by molar-refractivity contribution is 6.33. The van der Waals surface area contributed by atoms with Crippen molar-refractivity contribution in [3.05, 3.63) is 29.3 Å². The van der Waals surface area contributed by atoms with Crippen molar-refractivity contribution in [1.82, 2.24) is 10.2 Å². The van der Waals surface area contributed by atoms with E-state index in [1.165, 1.54) is 6.92 Å². The molecule has 0 unspecified atom stereocenters. The van der Waals surface area contributed by atoms with Gasteiger partial charge in [0.15, 0.2) is 6.10 Å². The van der Waals surface area contributed by atoms with Gasteiger partial charge in [-0.25, -0.2) is 4.79 Å². The van der Waals surface area contributed by atoms with Crippen LogP contribution in [-0.2, 0) is 19.1 Å². The van der Waals surface area contributed by atoms with Gasteiger partial charge in [-0.3, -0.25) is 19.3 Å². The normalized spacial score (nSPS) is 16.7. The quantitative estimate of drug-likeness (QED) is 0.544. The molecule has 0 bridgehead atoms. The lowest BCUT2D eigenvalue weighted by Crippen LogP contribution is -2.46. The standard InChI is InChI=1S/C18H22ClN3O5/c1-4-18(5-2)16(25)22(17(26)21-18)10-14(23)27-11(3)15(24)20-13-9-7-6-8-12(13)19/h6-9,11H,4-5,10H2,1-3H3,(H,20,24)(H,21,26)/t11-/m0/s1. The van der Waals surface area contributed by atoms with Gasteiger partial charge in [-0.15, -0.1) is 0 Å². The molecule has 27 heavy (non-hydrogen) atoms. The zero-order valence-electron chi connectivity index (χ0n) is 15.4. The van der Waals surface area contributed by atoms with Crippen LogP contribution in [0.3, 0.4) is 0 Å². The van der Waals surface area contributed by atoms with Crippen molar-refractivity contribution in [2.24, 2.45) is 0 Å². The van der Waals surface area contributed by atoms with Gasteiger partial charge in [-0.05, 0) is 31.9 Å². The fourth-order valence-electron chi connectivity index (χ4n) is 2.76. The molecule has 0 aliphatic carbocycles. The average molecular weight is 396 g/mol. The molecule has 1 atom stereocenters. The molecule has 2 N–H and O–H groups in total. The second-order valence-electron chi connectivity index (χ2n) is 6.21. The molecule has 1 heterocycles. The van der Waals surface area contributed by atoms with Crippen LogP contribution >= 0.6 is 11.6 Å². The van der Waals surface area contributed by atoms with Gasteiger partial charge in [0.05, 0.1) is 10.7 Å². The Morgan fingerprint density at radius 2 is 1.89 bits per heavy atom. The Labute approximate surface area is 162 Å². The van der Waals surface area contributed by atoms with Crippen molar-refractivity contribution in [2.75, 3.05) is 11.9 Å². The van der Waals surface area contributed by atoms with Gasteiger partial charge in [0, 0.05) is 0 Å². The summed E-state index contributed by atoms with van der Waals surface area (Å²) in [5, 5.41) is 5.52. The molecule has 0 spiro atoms. The molecule has 1 saturated heterocycles. The zero-order valence-corrected chi connectivity index (χ0v) is 16.1. The first kappa shape index (κ1) is 20.7. The number of anilines is 1. The van der Waals surface area contributed by atoms with Crippen LogP contribution in [0.2, 0.25) is 5.02 Å². The number of benzene rings is 1. The zero-order chi connectivity index (χ0) is 20.2. The molecule has 0 saturated carbocycles. The Balaban J connectivity index is 1.95. The maximum Gasteiger partial charge on any atom is 0.327 e. The molecule has 1 aliphatic heterocycles. The highest BCUT2D eigenvalue weighted by Crippen LogP contribution is 2.25. The third-order valence-corrected chi connectivity index (χ3v) is 4.88. The average Bonchev–Trinajstić information content (AvgIpc) is 2.88. The number of nitrogens with one attached hydrogen (secondary N) is 2. The van der Waals surface area contributed by atoms with Gasteiger partial charge in [0.25, 0.3) is 11.8 Å². The molecule has 0 aromatic heterocycles. The van der Waals surface area contributed by atoms with Gasteiger partial charge < -0.3 is 15.4 Å². The van der Waals surface area contributed by atoms with Crippen LogP contribution in [0.15, 0.2) is 24.3 Å². The van der Waals surface area contributed by atoms with Crippen LogP contribution < -0.4 is 10.6 Å². The summed E-state index contributed by atoms with van der Waals surface area (Å²) in [5.41, 5.74) is -0.610. The summed E-state index contributed by atoms with van der Waals surface area (Å²) in [6.45, 7) is 4.39. The van der Waals surface area contributed by atoms with Crippen molar-refractivity contribution < 1.29 is 23.9 Å². The molecule has 1 aromatic carbocycles. The summed E-state index contributed by atoms with van der Waals surface area (Å²) in [6.07, 6.45) is -0.302. The van der Waals surface area contributed by atoms with Crippen LogP contribution in [0.25, 0.3) is 0 Å². The molecule has 0 radical (unpaired) electrons. The Kier molecular flexibility index (Phi) is 6.43. The number of esters is 1. The Morgan fingerprint density at radius 3 is 2.44 bits per heavy atom. The van der Waals surface area contributed by atoms with E-state index in [0.29, 0.717) is 23.6 Å². The van der Waals surface area contributed by atoms with Crippen molar-refractivity contribution in [1.29, 1.82) is 0 Å². The number of carbonyl (C=O) groups excluding carboxylic acids is 4. The monoisotopic (exact) mass is 395 g/mol. The van der Waals surface area contributed by atoms with Crippen molar-refractivity contribution in [2.45, 2.75) is 45.3 Å². The predicted octanol–water partition coefficient (Wildman–Crippen LogP) is 2.32. The van der Waals surface area contributed by atoms with Gasteiger partial charge >= 0.3 is 12.0 Å². The molecule has 2 rings (SSSR count). The number of urea groups is 1. The third-order valence-electron chi connectivity index (χ3n) is 4.55. The molecular formula is C18H22ClN3O5. The first-order valence-corrected chi connectivity index (χ1v) is 9.00. The fourth-order valence-corrected chi connectivity index (χ4v) is 2.95. The summed E-state index contributed by atoms with van der Waals surface area (Å²) in [6, 6.07) is 5.99. The summed E-state index contributed by atoms with van der Waals surface area (Å²) in [4.78, 5) is 49.6. The number of amides is 4. The molecule has 8 nitrogen and oxygen atoms in total. The maximum absolute atomic E-state index is 12.5. The van der Waals surface area contributed by atoms with E-state index in [4.69, 9.17) is 16.3 Å². The predicted molar refractivity (Wildman–Crippen MR) is 99.2 cm³/mol. The Bertz CT molecular complexity index is 763. The van der Waals surface area contributed by atoms with E-state index in [-0.39, 0.29) is 0 Å². The molecule has 4 amide bonds. The summed E-state index contributed by atoms with van der Waals surface area (Å²) >= 11 is 5.97. The van der Waals surface area contributed by atoms with Gasteiger partial charge in [-0.2, -0.15) is 0 Å². The maximum atomic E-state index is 12.5. The first-order valence-electron chi connectivity index (χ1n) is 8.63. The highest BCUT2D eigenvalue weighted by Gasteiger charge is 2.49. The molecular weight excluding hydrogens is 374 g/mol. The molecule has 1 fully saturated rings. The Hall–Kier alpha value is -2.61. The van der Waals surface area contributed by atoms with Crippen LogP contribution in [0, 0.1) is 0 Å². The topological polar surface area (TPSA) is 105 Å². The lowest BCUT2D eigenvalue weighted by atomic mass is 9.93. The van der Waals surface area contributed by atoms with Crippen LogP contribution in [-0.4, -0.2) is 46.9 Å². The highest BCUT2D eigenvalue weighted by atomic mass is 35.5. The lowest BCUT2D eigenvalue weighted by Gasteiger charge is -2.23. The lowest BCUT2D eigenvalue weighted by molar-refractivity contribution is -0.155. The third kappa shape index (κ3) is 4.39. The van der Waals surface area contributed by atoms with Crippen molar-refractivity contribution in [3.63, 3.8) is 0 Å². The fraction of sp³-hybridized carbons (Fsp3) is 0.444. The van der Waals surface area contributed by atoms with Gasteiger partial charge in [0.1, 0.15) is 12.1 Å². The second kappa shape index (κ2) is 8.39. The number of imide groups is 1. The minimum atomic E-state index is -1.13. The summed E-state index contributed by atoms with van der Waals surface area (Å²) < 4.78 is 5.05. The SMILES string of the molecule is CCC1(CC)NC(=O)N(CC(=O)O[C@@H](C)C(=O)Nc2ccccc2Cl)C1=O. The molecule has 9 heteroatoms. The summed E-state index contributed by atoms with van der Waals surface area (Å²) in [7, 11) is 0. The minimum absolute atomic E-state index is 0.346. The van der Waals surface area contributed by atoms with E-state index in [0.717, 1.165) is 4.90 Å². The second-order valence-corrected chi connectivity index (χ2v) is 6.62. The van der Waals surface area contributed by atoms with E-state index in [1.807, 2.05) is 0 Å². The molecule has 1 aromatic rings. The van der Waals surface area contributed by atoms with E-state index in [9.17, 15) is 19.2 Å². The van der Waals surface area contributed by atoms with E-state index in [1.54, 1.807) is 38.1 Å².